The van der Waals surface area contributed by atoms with Crippen molar-refractivity contribution >= 4 is 0 Å². The second kappa shape index (κ2) is 12.1. The fourth-order valence-corrected chi connectivity index (χ4v) is 4.27. The number of hydrogen-bond acceptors (Lipinski definition) is 3. The quantitative estimate of drug-likeness (QED) is 0.394. The van der Waals surface area contributed by atoms with Crippen LogP contribution in [-0.2, 0) is 9.47 Å². The van der Waals surface area contributed by atoms with Gasteiger partial charge in [0.15, 0.2) is 6.29 Å². The van der Waals surface area contributed by atoms with Crippen LogP contribution in [0.25, 0.3) is 0 Å². The molecule has 0 radical (unpaired) electrons. The molecule has 2 aliphatic rings. The molecule has 1 heterocycles. The molecule has 24 heavy (non-hydrogen) atoms. The van der Waals surface area contributed by atoms with Crippen LogP contribution in [0.2, 0.25) is 0 Å². The minimum Gasteiger partial charge on any atom is -0.378 e. The summed E-state index contributed by atoms with van der Waals surface area (Å²) in [6.07, 6.45) is 9.81. The minimum absolute atomic E-state index is 0.188. The summed E-state index contributed by atoms with van der Waals surface area (Å²) < 4.78 is 11.7. The molecule has 0 aromatic rings. The highest BCUT2D eigenvalue weighted by Crippen LogP contribution is 2.44. The number of aliphatic hydroxyl groups excluding tert-OH is 1. The van der Waals surface area contributed by atoms with Gasteiger partial charge in [0.25, 0.3) is 0 Å². The number of aliphatic hydroxyl groups is 1. The van der Waals surface area contributed by atoms with Gasteiger partial charge < -0.3 is 14.6 Å². The van der Waals surface area contributed by atoms with E-state index in [9.17, 15) is 5.11 Å². The first-order valence-electron chi connectivity index (χ1n) is 10.2. The van der Waals surface area contributed by atoms with Gasteiger partial charge in [0.1, 0.15) is 0 Å². The van der Waals surface area contributed by atoms with Gasteiger partial charge in [-0.25, -0.2) is 0 Å². The highest BCUT2D eigenvalue weighted by molar-refractivity contribution is 4.87. The van der Waals surface area contributed by atoms with Gasteiger partial charge in [-0.3, -0.25) is 0 Å². The molecule has 0 spiro atoms. The predicted molar refractivity (Wildman–Crippen MR) is 101 cm³/mol. The fraction of sp³-hybridized carbons (Fsp3) is 0.905. The van der Waals surface area contributed by atoms with Gasteiger partial charge in [-0.05, 0) is 56.8 Å². The van der Waals surface area contributed by atoms with Gasteiger partial charge in [-0.2, -0.15) is 0 Å². The molecule has 1 saturated heterocycles. The maximum absolute atomic E-state index is 10.4. The van der Waals surface area contributed by atoms with E-state index in [4.69, 9.17) is 9.47 Å². The molecular formula is C21H40O3. The van der Waals surface area contributed by atoms with Crippen molar-refractivity contribution in [1.82, 2.24) is 0 Å². The summed E-state index contributed by atoms with van der Waals surface area (Å²) in [5.74, 6) is 2.09. The molecule has 3 nitrogen and oxygen atoms in total. The van der Waals surface area contributed by atoms with Gasteiger partial charge in [-0.1, -0.05) is 39.7 Å². The Labute approximate surface area is 149 Å². The minimum atomic E-state index is -0.644. The Morgan fingerprint density at radius 2 is 2.00 bits per heavy atom. The molecule has 3 heteroatoms. The molecule has 1 aliphatic carbocycles. The molecule has 5 unspecified atom stereocenters. The number of rotatable bonds is 7. The average molecular weight is 341 g/mol. The van der Waals surface area contributed by atoms with E-state index >= 15 is 0 Å². The van der Waals surface area contributed by atoms with E-state index < -0.39 is 6.29 Å². The molecule has 6 atom stereocenters. The molecule has 0 aromatic heterocycles. The summed E-state index contributed by atoms with van der Waals surface area (Å²) >= 11 is 0. The first-order valence-corrected chi connectivity index (χ1v) is 10.2. The lowest BCUT2D eigenvalue weighted by atomic mass is 9.66. The average Bonchev–Trinajstić information content (AvgIpc) is 2.81. The maximum atomic E-state index is 10.4. The molecule has 0 amide bonds. The van der Waals surface area contributed by atoms with Crippen LogP contribution < -0.4 is 0 Å². The van der Waals surface area contributed by atoms with Crippen molar-refractivity contribution in [3.63, 3.8) is 0 Å². The van der Waals surface area contributed by atoms with E-state index in [1.165, 1.54) is 32.1 Å². The van der Waals surface area contributed by atoms with Crippen molar-refractivity contribution in [1.29, 1.82) is 0 Å². The van der Waals surface area contributed by atoms with Crippen molar-refractivity contribution in [2.45, 2.75) is 85.0 Å². The second-order valence-electron chi connectivity index (χ2n) is 7.29. The second-order valence-corrected chi connectivity index (χ2v) is 7.29. The number of unbranched alkanes of at least 4 members (excludes halogenated alkanes) is 1. The molecule has 1 aliphatic heterocycles. The number of ether oxygens (including phenoxy) is 2. The molecule has 1 saturated carbocycles. The van der Waals surface area contributed by atoms with Crippen molar-refractivity contribution in [2.24, 2.45) is 23.7 Å². The normalized spacial score (nSPS) is 32.5. The summed E-state index contributed by atoms with van der Waals surface area (Å²) in [4.78, 5) is 0. The van der Waals surface area contributed by atoms with E-state index in [-0.39, 0.29) is 5.92 Å². The summed E-state index contributed by atoms with van der Waals surface area (Å²) in [5, 5.41) is 10.4. The summed E-state index contributed by atoms with van der Waals surface area (Å²) in [7, 11) is 0. The molecule has 0 bridgehead atoms. The van der Waals surface area contributed by atoms with E-state index in [2.05, 4.69) is 20.4 Å². The van der Waals surface area contributed by atoms with Gasteiger partial charge in [-0.15, -0.1) is 6.58 Å². The highest BCUT2D eigenvalue weighted by atomic mass is 16.6. The molecular weight excluding hydrogens is 300 g/mol. The van der Waals surface area contributed by atoms with Gasteiger partial charge in [0.2, 0.25) is 0 Å². The first-order chi connectivity index (χ1) is 11.6. The highest BCUT2D eigenvalue weighted by Gasteiger charge is 2.40. The zero-order valence-corrected chi connectivity index (χ0v) is 16.4. The van der Waals surface area contributed by atoms with Gasteiger partial charge >= 0.3 is 0 Å². The molecule has 142 valence electrons. The molecule has 2 rings (SSSR count). The zero-order valence-electron chi connectivity index (χ0n) is 16.4. The van der Waals surface area contributed by atoms with Crippen molar-refractivity contribution in [2.75, 3.05) is 13.2 Å². The molecule has 1 N–H and O–H groups in total. The number of hydrogen-bond donors (Lipinski definition) is 1. The van der Waals surface area contributed by atoms with E-state index in [1.807, 2.05) is 19.9 Å². The van der Waals surface area contributed by atoms with E-state index in [0.717, 1.165) is 25.4 Å². The Balaban J connectivity index is 0.00000139. The lowest BCUT2D eigenvalue weighted by Crippen LogP contribution is -2.39. The fourth-order valence-electron chi connectivity index (χ4n) is 4.27. The Morgan fingerprint density at radius 1 is 1.25 bits per heavy atom. The monoisotopic (exact) mass is 340 g/mol. The lowest BCUT2D eigenvalue weighted by Gasteiger charge is -2.41. The van der Waals surface area contributed by atoms with Crippen LogP contribution in [0.1, 0.15) is 72.6 Å². The van der Waals surface area contributed by atoms with Crippen LogP contribution in [-0.4, -0.2) is 30.7 Å². The molecule has 2 fully saturated rings. The Hall–Kier alpha value is -0.380. The third-order valence-electron chi connectivity index (χ3n) is 5.75. The number of fused-ring (bicyclic) bond motifs is 1. The Kier molecular flexibility index (Phi) is 10.9. The zero-order chi connectivity index (χ0) is 17.9. The predicted octanol–water partition coefficient (Wildman–Crippen LogP) is 5.18. The summed E-state index contributed by atoms with van der Waals surface area (Å²) in [5.41, 5.74) is 0. The largest absolute Gasteiger partial charge is 0.378 e. The van der Waals surface area contributed by atoms with Crippen LogP contribution in [0.3, 0.4) is 0 Å². The smallest absolute Gasteiger partial charge is 0.157 e. The topological polar surface area (TPSA) is 38.7 Å². The Morgan fingerprint density at radius 3 is 2.71 bits per heavy atom. The summed E-state index contributed by atoms with van der Waals surface area (Å²) in [6.45, 7) is 13.5. The standard InChI is InChI=1S/C19H34O3.C2H6/c1-4-5-6-12-21-19(20)15(3)17-9-7-8-16-11-10-14(2)22-13-18(16)17;1-2/h4,14-20H,1,5-13H2,2-3H3;1-2H3/t14?,15-,16?,17?,18?,19?;/m1./s1. The van der Waals surface area contributed by atoms with Crippen molar-refractivity contribution in [3.8, 4) is 0 Å². The third kappa shape index (κ3) is 6.50. The van der Waals surface area contributed by atoms with Gasteiger partial charge in [0.05, 0.1) is 19.3 Å². The van der Waals surface area contributed by atoms with E-state index in [1.54, 1.807) is 0 Å². The van der Waals surface area contributed by atoms with Crippen LogP contribution in [0, 0.1) is 23.7 Å². The first kappa shape index (κ1) is 21.7. The Bertz CT molecular complexity index is 331. The number of allylic oxidation sites excluding steroid dienone is 1. The lowest BCUT2D eigenvalue weighted by molar-refractivity contribution is -0.155. The van der Waals surface area contributed by atoms with Gasteiger partial charge in [0, 0.05) is 5.92 Å². The van der Waals surface area contributed by atoms with Crippen LogP contribution in [0.4, 0.5) is 0 Å². The van der Waals surface area contributed by atoms with Crippen LogP contribution >= 0.6 is 0 Å². The van der Waals surface area contributed by atoms with Crippen LogP contribution in [0.15, 0.2) is 12.7 Å². The SMILES string of the molecule is C=CCCCOC(O)[C@H](C)C1CCCC2CCC(C)OCC21.CC. The summed E-state index contributed by atoms with van der Waals surface area (Å²) in [6, 6.07) is 0. The van der Waals surface area contributed by atoms with Crippen molar-refractivity contribution in [3.05, 3.63) is 12.7 Å². The van der Waals surface area contributed by atoms with Crippen LogP contribution in [0.5, 0.6) is 0 Å². The molecule has 0 aromatic carbocycles. The van der Waals surface area contributed by atoms with Crippen molar-refractivity contribution < 1.29 is 14.6 Å². The third-order valence-corrected chi connectivity index (χ3v) is 5.75. The van der Waals surface area contributed by atoms with E-state index in [0.29, 0.717) is 24.5 Å². The maximum Gasteiger partial charge on any atom is 0.157 e.